The first-order valence-electron chi connectivity index (χ1n) is 6.78. The smallest absolute Gasteiger partial charge is 0.310 e. The summed E-state index contributed by atoms with van der Waals surface area (Å²) in [6.45, 7) is 3.66. The van der Waals surface area contributed by atoms with Gasteiger partial charge in [0.15, 0.2) is 0 Å². The average Bonchev–Trinajstić information content (AvgIpc) is 2.91. The maximum Gasteiger partial charge on any atom is 0.310 e. The van der Waals surface area contributed by atoms with Gasteiger partial charge in [-0.15, -0.1) is 0 Å². The highest BCUT2D eigenvalue weighted by Gasteiger charge is 2.27. The second kappa shape index (κ2) is 5.55. The largest absolute Gasteiger partial charge is 0.481 e. The number of nitrogens with one attached hydrogen (secondary N) is 1. The fourth-order valence-electron chi connectivity index (χ4n) is 2.27. The molecular formula is C14H21N3O2. The third kappa shape index (κ3) is 3.43. The Balaban J connectivity index is 1.93. The second-order valence-corrected chi connectivity index (χ2v) is 5.86. The molecule has 19 heavy (non-hydrogen) atoms. The van der Waals surface area contributed by atoms with Crippen molar-refractivity contribution in [3.05, 3.63) is 18.0 Å². The molecule has 1 saturated carbocycles. The Morgan fingerprint density at radius 3 is 2.47 bits per heavy atom. The van der Waals surface area contributed by atoms with Crippen LogP contribution >= 0.6 is 0 Å². The zero-order chi connectivity index (χ0) is 13.9. The summed E-state index contributed by atoms with van der Waals surface area (Å²) in [4.78, 5) is 19.5. The summed E-state index contributed by atoms with van der Waals surface area (Å²) in [5, 5.41) is 12.0. The van der Waals surface area contributed by atoms with E-state index in [9.17, 15) is 4.79 Å². The molecule has 0 radical (unpaired) electrons. The van der Waals surface area contributed by atoms with Gasteiger partial charge in [-0.25, -0.2) is 9.97 Å². The first kappa shape index (κ1) is 13.8. The predicted octanol–water partition coefficient (Wildman–Crippen LogP) is 2.66. The summed E-state index contributed by atoms with van der Waals surface area (Å²) >= 11 is 0. The Morgan fingerprint density at radius 1 is 1.37 bits per heavy atom. The molecule has 0 atom stereocenters. The lowest BCUT2D eigenvalue weighted by atomic mass is 9.94. The van der Waals surface area contributed by atoms with E-state index in [0.717, 1.165) is 0 Å². The molecule has 0 aromatic carbocycles. The monoisotopic (exact) mass is 263 g/mol. The Bertz CT molecular complexity index is 437. The van der Waals surface area contributed by atoms with Gasteiger partial charge in [0.2, 0.25) is 5.95 Å². The lowest BCUT2D eigenvalue weighted by molar-refractivity contribution is -0.146. The third-order valence-electron chi connectivity index (χ3n) is 3.77. The number of aliphatic carboxylic acids is 1. The molecule has 0 unspecified atom stereocenters. The minimum atomic E-state index is -0.831. The van der Waals surface area contributed by atoms with Crippen molar-refractivity contribution in [2.45, 2.75) is 45.4 Å². The summed E-state index contributed by atoms with van der Waals surface area (Å²) in [6.07, 6.45) is 8.75. The molecular weight excluding hydrogens is 242 g/mol. The number of carbonyl (C=O) groups is 1. The van der Waals surface area contributed by atoms with Crippen LogP contribution in [0, 0.1) is 5.41 Å². The Morgan fingerprint density at radius 2 is 1.95 bits per heavy atom. The van der Waals surface area contributed by atoms with Gasteiger partial charge < -0.3 is 10.4 Å². The highest BCUT2D eigenvalue weighted by atomic mass is 16.4. The van der Waals surface area contributed by atoms with Crippen LogP contribution in [0.3, 0.4) is 0 Å². The quantitative estimate of drug-likeness (QED) is 0.854. The number of hydrogen-bond acceptors (Lipinski definition) is 4. The SMILES string of the molecule is CC(C)(CNc1ncc(C2CCCC2)cn1)C(=O)O. The number of anilines is 1. The van der Waals surface area contributed by atoms with Crippen LogP contribution in [-0.4, -0.2) is 27.6 Å². The van der Waals surface area contributed by atoms with E-state index in [0.29, 0.717) is 18.4 Å². The average molecular weight is 263 g/mol. The van der Waals surface area contributed by atoms with Gasteiger partial charge in [-0.1, -0.05) is 12.8 Å². The molecule has 5 heteroatoms. The summed E-state index contributed by atoms with van der Waals surface area (Å²) in [6, 6.07) is 0. The van der Waals surface area contributed by atoms with E-state index in [-0.39, 0.29) is 0 Å². The van der Waals surface area contributed by atoms with Crippen molar-refractivity contribution >= 4 is 11.9 Å². The summed E-state index contributed by atoms with van der Waals surface area (Å²) < 4.78 is 0. The molecule has 1 aromatic rings. The minimum absolute atomic E-state index is 0.311. The zero-order valence-electron chi connectivity index (χ0n) is 11.5. The van der Waals surface area contributed by atoms with E-state index in [1.807, 2.05) is 12.4 Å². The number of aromatic nitrogens is 2. The van der Waals surface area contributed by atoms with Gasteiger partial charge >= 0.3 is 5.97 Å². The van der Waals surface area contributed by atoms with Crippen LogP contribution in [0.15, 0.2) is 12.4 Å². The molecule has 5 nitrogen and oxygen atoms in total. The Hall–Kier alpha value is -1.65. The van der Waals surface area contributed by atoms with Crippen LogP contribution in [0.1, 0.15) is 51.0 Å². The van der Waals surface area contributed by atoms with Crippen LogP contribution in [0.5, 0.6) is 0 Å². The van der Waals surface area contributed by atoms with Gasteiger partial charge in [0, 0.05) is 18.9 Å². The second-order valence-electron chi connectivity index (χ2n) is 5.86. The standard InChI is InChI=1S/C14H21N3O2/c1-14(2,12(18)19)9-17-13-15-7-11(8-16-13)10-5-3-4-6-10/h7-8,10H,3-6,9H2,1-2H3,(H,18,19)(H,15,16,17). The van der Waals surface area contributed by atoms with E-state index < -0.39 is 11.4 Å². The molecule has 2 N–H and O–H groups in total. The van der Waals surface area contributed by atoms with Crippen molar-refractivity contribution in [3.63, 3.8) is 0 Å². The molecule has 104 valence electrons. The maximum absolute atomic E-state index is 11.0. The molecule has 1 aliphatic rings. The van der Waals surface area contributed by atoms with E-state index in [1.54, 1.807) is 13.8 Å². The number of rotatable bonds is 5. The van der Waals surface area contributed by atoms with Gasteiger partial charge in [-0.05, 0) is 38.2 Å². The van der Waals surface area contributed by atoms with E-state index in [1.165, 1.54) is 31.2 Å². The molecule has 1 aromatic heterocycles. The van der Waals surface area contributed by atoms with Gasteiger partial charge in [-0.2, -0.15) is 0 Å². The van der Waals surface area contributed by atoms with E-state index >= 15 is 0 Å². The summed E-state index contributed by atoms with van der Waals surface area (Å²) in [7, 11) is 0. The highest BCUT2D eigenvalue weighted by Crippen LogP contribution is 2.33. The van der Waals surface area contributed by atoms with Crippen molar-refractivity contribution in [1.82, 2.24) is 9.97 Å². The van der Waals surface area contributed by atoms with Crippen molar-refractivity contribution in [1.29, 1.82) is 0 Å². The molecule has 2 rings (SSSR count). The molecule has 1 aliphatic carbocycles. The summed E-state index contributed by atoms with van der Waals surface area (Å²) in [5.41, 5.74) is 0.369. The van der Waals surface area contributed by atoms with Crippen LogP contribution < -0.4 is 5.32 Å². The van der Waals surface area contributed by atoms with Gasteiger partial charge in [0.05, 0.1) is 5.41 Å². The molecule has 0 saturated heterocycles. The van der Waals surface area contributed by atoms with Crippen molar-refractivity contribution in [2.75, 3.05) is 11.9 Å². The molecule has 0 spiro atoms. The number of carboxylic acid groups (broad SMARTS) is 1. The highest BCUT2D eigenvalue weighted by molar-refractivity contribution is 5.74. The van der Waals surface area contributed by atoms with Gasteiger partial charge in [0.1, 0.15) is 0 Å². The number of hydrogen-bond donors (Lipinski definition) is 2. The first-order valence-corrected chi connectivity index (χ1v) is 6.78. The number of carboxylic acids is 1. The lowest BCUT2D eigenvalue weighted by Crippen LogP contribution is -2.32. The third-order valence-corrected chi connectivity index (χ3v) is 3.77. The van der Waals surface area contributed by atoms with Crippen molar-refractivity contribution in [2.24, 2.45) is 5.41 Å². The molecule has 1 heterocycles. The fraction of sp³-hybridized carbons (Fsp3) is 0.643. The summed E-state index contributed by atoms with van der Waals surface area (Å²) in [5.74, 6) is 0.267. The van der Waals surface area contributed by atoms with Crippen LogP contribution in [-0.2, 0) is 4.79 Å². The Labute approximate surface area is 113 Å². The normalized spacial score (nSPS) is 16.5. The number of nitrogens with zero attached hydrogens (tertiary/aromatic N) is 2. The van der Waals surface area contributed by atoms with Crippen molar-refractivity contribution in [3.8, 4) is 0 Å². The van der Waals surface area contributed by atoms with Gasteiger partial charge in [0.25, 0.3) is 0 Å². The fourth-order valence-corrected chi connectivity index (χ4v) is 2.27. The van der Waals surface area contributed by atoms with Crippen LogP contribution in [0.4, 0.5) is 5.95 Å². The molecule has 1 fully saturated rings. The molecule has 0 amide bonds. The zero-order valence-corrected chi connectivity index (χ0v) is 11.5. The van der Waals surface area contributed by atoms with Crippen molar-refractivity contribution < 1.29 is 9.90 Å². The molecule has 0 aliphatic heterocycles. The topological polar surface area (TPSA) is 75.1 Å². The maximum atomic E-state index is 11.0. The molecule has 0 bridgehead atoms. The lowest BCUT2D eigenvalue weighted by Gasteiger charge is -2.19. The van der Waals surface area contributed by atoms with E-state index in [4.69, 9.17) is 5.11 Å². The predicted molar refractivity (Wildman–Crippen MR) is 73.1 cm³/mol. The minimum Gasteiger partial charge on any atom is -0.481 e. The first-order chi connectivity index (χ1) is 8.99. The van der Waals surface area contributed by atoms with E-state index in [2.05, 4.69) is 15.3 Å². The van der Waals surface area contributed by atoms with Crippen LogP contribution in [0.2, 0.25) is 0 Å². The Kier molecular flexibility index (Phi) is 4.02. The van der Waals surface area contributed by atoms with Crippen LogP contribution in [0.25, 0.3) is 0 Å². The van der Waals surface area contributed by atoms with Gasteiger partial charge in [-0.3, -0.25) is 4.79 Å².